The first-order valence-electron chi connectivity index (χ1n) is 37.8. The van der Waals surface area contributed by atoms with E-state index in [2.05, 4.69) is 21.3 Å². The van der Waals surface area contributed by atoms with Gasteiger partial charge >= 0.3 is 23.9 Å². The molecule has 33 heteroatoms. The average molecular weight is 2250 g/mol. The van der Waals surface area contributed by atoms with Crippen LogP contribution in [0.15, 0.2) is 47.6 Å². The zero-order chi connectivity index (χ0) is 84.2. The summed E-state index contributed by atoms with van der Waals surface area (Å²) in [6.07, 6.45) is 7.27. The Hall–Kier alpha value is -4.22. The highest BCUT2D eigenvalue weighted by molar-refractivity contribution is 14.1. The number of Topliss-reactive ketones (excluding diaryl/α,β-unsaturated/α-hetero) is 3. The van der Waals surface area contributed by atoms with Gasteiger partial charge < -0.3 is 74.6 Å². The first kappa shape index (κ1) is 97.6. The molecule has 113 heavy (non-hydrogen) atoms. The van der Waals surface area contributed by atoms with Crippen molar-refractivity contribution < 1.29 is 106 Å². The number of carbonyl (C=O) groups excluding carboxylic acids is 12. The van der Waals surface area contributed by atoms with Gasteiger partial charge in [0, 0.05) is 85.5 Å². The molecule has 3 fully saturated rings. The number of nitrogens with zero attached hydrogens (tertiary/aromatic N) is 1. The molecule has 624 valence electrons. The maximum Gasteiger partial charge on any atom is 0.340 e. The molecule has 0 radical (unpaired) electrons. The number of benzene rings is 2. The summed E-state index contributed by atoms with van der Waals surface area (Å²) in [4.78, 5) is 166. The van der Waals surface area contributed by atoms with Crippen molar-refractivity contribution in [1.82, 2.24) is 4.90 Å². The van der Waals surface area contributed by atoms with E-state index in [0.29, 0.717) is 107 Å². The molecule has 0 spiro atoms. The van der Waals surface area contributed by atoms with Gasteiger partial charge in [0.05, 0.1) is 86.8 Å². The van der Waals surface area contributed by atoms with Gasteiger partial charge in [-0.15, -0.1) is 0 Å². The van der Waals surface area contributed by atoms with E-state index >= 15 is 0 Å². The van der Waals surface area contributed by atoms with Crippen molar-refractivity contribution in [1.29, 1.82) is 0 Å². The molecule has 1 saturated carbocycles. The Morgan fingerprint density at radius 1 is 0.646 bits per heavy atom. The second-order valence-electron chi connectivity index (χ2n) is 30.0. The van der Waals surface area contributed by atoms with Gasteiger partial charge in [-0.05, 0) is 268 Å². The fraction of sp³-hybridized carbons (Fsp3) is 0.600. The third kappa shape index (κ3) is 27.1. The molecule has 0 unspecified atom stereocenters. The maximum atomic E-state index is 14.9. The van der Waals surface area contributed by atoms with E-state index in [1.165, 1.54) is 41.9 Å². The number of cyclic esters (lactones) is 1. The average Bonchev–Trinajstić information content (AvgIpc) is 0.784. The third-order valence-electron chi connectivity index (χ3n) is 21.0. The number of amides is 5. The number of aliphatic hydroxyl groups is 3. The molecule has 1 aliphatic carbocycles. The van der Waals surface area contributed by atoms with Crippen molar-refractivity contribution in [2.45, 2.75) is 233 Å². The molecule has 4 aliphatic rings. The second kappa shape index (κ2) is 45.8. The van der Waals surface area contributed by atoms with Crippen LogP contribution in [0.5, 0.6) is 0 Å². The Morgan fingerprint density at radius 2 is 1.19 bits per heavy atom. The van der Waals surface area contributed by atoms with Crippen molar-refractivity contribution in [3.8, 4) is 0 Å². The number of ketones is 3. The fourth-order valence-electron chi connectivity index (χ4n) is 14.6. The van der Waals surface area contributed by atoms with Crippen LogP contribution in [-0.2, 0) is 81.1 Å². The third-order valence-corrected chi connectivity index (χ3v) is 27.5. The van der Waals surface area contributed by atoms with Gasteiger partial charge in [-0.3, -0.25) is 43.2 Å². The summed E-state index contributed by atoms with van der Waals surface area (Å²) < 4.78 is 44.6. The molecule has 3 heterocycles. The van der Waals surface area contributed by atoms with Crippen LogP contribution in [0.25, 0.3) is 0 Å². The van der Waals surface area contributed by atoms with Crippen molar-refractivity contribution in [2.24, 2.45) is 41.4 Å². The molecule has 2 saturated heterocycles. The van der Waals surface area contributed by atoms with Crippen LogP contribution < -0.4 is 21.3 Å². The number of esters is 4. The lowest BCUT2D eigenvalue weighted by atomic mass is 9.78. The summed E-state index contributed by atoms with van der Waals surface area (Å²) in [6.45, 7) is 17.0. The van der Waals surface area contributed by atoms with Crippen LogP contribution in [0, 0.1) is 62.8 Å². The number of hydrogen-bond donors (Lipinski definition) is 7. The minimum Gasteiger partial charge on any atom is -0.462 e. The summed E-state index contributed by atoms with van der Waals surface area (Å²) >= 11 is 11.7. The Kier molecular flexibility index (Phi) is 39.6. The molecule has 3 aliphatic heterocycles. The molecule has 7 N–H and O–H groups in total. The van der Waals surface area contributed by atoms with Gasteiger partial charge in [-0.1, -0.05) is 71.1 Å². The summed E-state index contributed by atoms with van der Waals surface area (Å²) in [7, 11) is 2.83. The highest BCUT2D eigenvalue weighted by atomic mass is 127. The number of halogens is 6. The number of fused-ring (bicyclic) bond motifs is 3. The summed E-state index contributed by atoms with van der Waals surface area (Å²) in [5.41, 5.74) is 2.24. The van der Waals surface area contributed by atoms with E-state index in [9.17, 15) is 72.9 Å². The maximum absolute atomic E-state index is 14.9. The number of ether oxygens (including phenoxy) is 7. The molecular formula is C80H105I6N5O22. The Balaban J connectivity index is 1.23. The number of allylic oxidation sites excluding steroid dienone is 6. The predicted molar refractivity (Wildman–Crippen MR) is 473 cm³/mol. The van der Waals surface area contributed by atoms with Gasteiger partial charge in [0.15, 0.2) is 5.78 Å². The first-order valence-corrected chi connectivity index (χ1v) is 44.3. The fourth-order valence-corrected chi connectivity index (χ4v) is 22.9. The molecule has 2 aromatic rings. The predicted octanol–water partition coefficient (Wildman–Crippen LogP) is 13.4. The van der Waals surface area contributed by atoms with Crippen LogP contribution in [0.3, 0.4) is 0 Å². The van der Waals surface area contributed by atoms with E-state index in [0.717, 1.165) is 4.90 Å². The van der Waals surface area contributed by atoms with Crippen molar-refractivity contribution in [3.63, 3.8) is 0 Å². The zero-order valence-corrected chi connectivity index (χ0v) is 78.8. The Morgan fingerprint density at radius 3 is 1.70 bits per heavy atom. The highest BCUT2D eigenvalue weighted by Crippen LogP contribution is 2.43. The topological polar surface area (TPSA) is 381 Å². The standard InChI is InChI=1S/C80H105I6N5O22/c1-39-19-15-14-16-20-40(2)54(96)37-52-25-22-45(7)80(106,113-52)75(101)76(102)91-30-18-17-21-53(91)77(103)112-57(38-55(97)41(3)34-44(6)73(100)74(108-13)72(99)43(5)33-39)42(4)35-51-23-26-56(58(36-51)107-12)111-59(98)27-24-50(28-31-109-78(104)60-62(81)68(87-46(8)92)66(85)69(63(60)82)88-47(9)93)29-32-110-79(105)61-64(83)70(89-48(10)94)67(86)71(65(61)84)90-49(11)95/h14-16,19-20,34,39,41-43,45,50-54,56-58,73-74,96,100,106H,17-18,21-33,35-38H2,1-13H3,(H,87,92)(H,88,93)(H,89,94)(H,90,95)/b16-14+,19-15+,40-20+,44-34+/t39-,41-,42-,43-,45-,51+,52+,53+,54+,56-,57+,58-,73-,74+,80-/m1/s1. The highest BCUT2D eigenvalue weighted by Gasteiger charge is 2.53. The van der Waals surface area contributed by atoms with Crippen LogP contribution in [-0.4, -0.2) is 180 Å². The summed E-state index contributed by atoms with van der Waals surface area (Å²) in [5.74, 6) is -13.8. The Labute approximate surface area is 742 Å². The van der Waals surface area contributed by atoms with Gasteiger partial charge in [0.25, 0.3) is 11.7 Å². The molecule has 2 bridgehead atoms. The SMILES string of the molecule is CO[C@@H]1C[C@H](C[C@@H](C)[C@@H]2CC(=O)[C@H](C)/C=C(\C)[C@@H](O)[C@@H](OC)C(=O)[C@H](C)C[C@H](C)/C=C/C=C/C=C(\C)[C@@H](O)C[C@@H]3CC[C@@H](C)[C@@](O)(O3)C(=O)C(=O)N3CCCC[C@H]3C(=O)O2)CC[C@H]1OC(=O)CCC(CCOC(=O)c1c(I)c(NC(C)=O)c(I)c(NC(C)=O)c1I)CCOC(=O)c1c(I)c(NC(C)=O)c(I)c(NC(C)=O)c1I. The molecule has 2 aromatic carbocycles. The molecule has 27 nitrogen and oxygen atoms in total. The quantitative estimate of drug-likeness (QED) is 0.0201. The second-order valence-corrected chi connectivity index (χ2v) is 36.4. The molecule has 0 aromatic heterocycles. The van der Waals surface area contributed by atoms with Gasteiger partial charge in [-0.25, -0.2) is 14.4 Å². The van der Waals surface area contributed by atoms with E-state index in [4.69, 9.17) is 33.2 Å². The molecule has 6 rings (SSSR count). The zero-order valence-electron chi connectivity index (χ0n) is 65.9. The van der Waals surface area contributed by atoms with E-state index in [1.807, 2.05) is 162 Å². The van der Waals surface area contributed by atoms with Crippen LogP contribution >= 0.6 is 136 Å². The van der Waals surface area contributed by atoms with Gasteiger partial charge in [-0.2, -0.15) is 0 Å². The number of carbonyl (C=O) groups is 12. The minimum atomic E-state index is -2.58. The van der Waals surface area contributed by atoms with Crippen LogP contribution in [0.1, 0.15) is 200 Å². The van der Waals surface area contributed by atoms with Crippen LogP contribution in [0.4, 0.5) is 22.7 Å². The number of nitrogens with one attached hydrogen (secondary N) is 4. The van der Waals surface area contributed by atoms with E-state index in [-0.39, 0.29) is 106 Å². The van der Waals surface area contributed by atoms with Gasteiger partial charge in [0.1, 0.15) is 36.2 Å². The van der Waals surface area contributed by atoms with E-state index in [1.54, 1.807) is 58.9 Å². The first-order chi connectivity index (χ1) is 53.1. The monoisotopic (exact) mass is 2250 g/mol. The van der Waals surface area contributed by atoms with Crippen molar-refractivity contribution in [2.75, 3.05) is 55.2 Å². The van der Waals surface area contributed by atoms with Gasteiger partial charge in [0.2, 0.25) is 29.4 Å². The minimum absolute atomic E-state index is 0.00683. The smallest absolute Gasteiger partial charge is 0.340 e. The number of hydrogen-bond acceptors (Lipinski definition) is 22. The van der Waals surface area contributed by atoms with Crippen molar-refractivity contribution >= 4 is 229 Å². The normalized spacial score (nSPS) is 27.9. The number of aliphatic hydroxyl groups excluding tert-OH is 2. The molecule has 5 amide bonds. The number of piperidine rings is 1. The number of anilines is 4. The number of rotatable bonds is 21. The lowest BCUT2D eigenvalue weighted by molar-refractivity contribution is -0.265. The van der Waals surface area contributed by atoms with E-state index < -0.39 is 143 Å². The Bertz CT molecular complexity index is 3800. The molecule has 15 atom stereocenters. The number of methoxy groups -OCH3 is 2. The van der Waals surface area contributed by atoms with Crippen molar-refractivity contribution in [3.05, 3.63) is 80.2 Å². The lowest BCUT2D eigenvalue weighted by Gasteiger charge is -2.42. The largest absolute Gasteiger partial charge is 0.462 e. The lowest BCUT2D eigenvalue weighted by Crippen LogP contribution is -2.61. The van der Waals surface area contributed by atoms with Crippen LogP contribution in [0.2, 0.25) is 0 Å². The summed E-state index contributed by atoms with van der Waals surface area (Å²) in [6, 6.07) is -1.29. The molecular weight excluding hydrogens is 2140 g/mol. The summed E-state index contributed by atoms with van der Waals surface area (Å²) in [5, 5.41) is 46.1.